The van der Waals surface area contributed by atoms with E-state index >= 15 is 0 Å². The SMILES string of the molecule is Cc1sc2nc(Cc3cccc4ccccc34)n(C(C)(C)C(=O)O)c(=O)c2c1C. The van der Waals surface area contributed by atoms with Crippen molar-refractivity contribution in [1.82, 2.24) is 9.55 Å². The maximum atomic E-state index is 13.5. The van der Waals surface area contributed by atoms with Crippen molar-refractivity contribution in [2.24, 2.45) is 0 Å². The monoisotopic (exact) mass is 406 g/mol. The Bertz CT molecular complexity index is 1330. The third kappa shape index (κ3) is 3.04. The first-order valence-corrected chi connectivity index (χ1v) is 10.3. The molecule has 0 aliphatic carbocycles. The van der Waals surface area contributed by atoms with Crippen molar-refractivity contribution in [3.05, 3.63) is 74.6 Å². The van der Waals surface area contributed by atoms with Gasteiger partial charge in [-0.1, -0.05) is 42.5 Å². The summed E-state index contributed by atoms with van der Waals surface area (Å²) in [6.45, 7) is 6.94. The van der Waals surface area contributed by atoms with Crippen LogP contribution in [0.3, 0.4) is 0 Å². The molecule has 0 aliphatic rings. The Morgan fingerprint density at radius 2 is 1.83 bits per heavy atom. The summed E-state index contributed by atoms with van der Waals surface area (Å²) in [5.74, 6) is -0.600. The molecule has 0 amide bonds. The second-order valence-corrected chi connectivity index (χ2v) is 9.01. The average molecular weight is 407 g/mol. The molecule has 29 heavy (non-hydrogen) atoms. The molecule has 0 radical (unpaired) electrons. The number of fused-ring (bicyclic) bond motifs is 2. The highest BCUT2D eigenvalue weighted by molar-refractivity contribution is 7.18. The van der Waals surface area contributed by atoms with E-state index in [-0.39, 0.29) is 5.56 Å². The van der Waals surface area contributed by atoms with E-state index in [0.717, 1.165) is 26.8 Å². The fourth-order valence-corrected chi connectivity index (χ4v) is 4.78. The second kappa shape index (κ2) is 6.81. The molecule has 4 aromatic rings. The summed E-state index contributed by atoms with van der Waals surface area (Å²) in [7, 11) is 0. The molecule has 2 aromatic carbocycles. The molecule has 2 heterocycles. The van der Waals surface area contributed by atoms with E-state index < -0.39 is 11.5 Å². The second-order valence-electron chi connectivity index (χ2n) is 7.81. The number of rotatable bonds is 4. The molecule has 0 spiro atoms. The van der Waals surface area contributed by atoms with Gasteiger partial charge in [-0.05, 0) is 49.6 Å². The van der Waals surface area contributed by atoms with Crippen LogP contribution < -0.4 is 5.56 Å². The summed E-state index contributed by atoms with van der Waals surface area (Å²) < 4.78 is 1.36. The number of nitrogens with zero attached hydrogens (tertiary/aromatic N) is 2. The number of aryl methyl sites for hydroxylation is 2. The summed E-state index contributed by atoms with van der Waals surface area (Å²) in [6, 6.07) is 14.0. The summed E-state index contributed by atoms with van der Waals surface area (Å²) in [4.78, 5) is 32.0. The summed E-state index contributed by atoms with van der Waals surface area (Å²) >= 11 is 1.48. The number of hydrogen-bond acceptors (Lipinski definition) is 4. The number of aliphatic carboxylic acids is 1. The molecule has 0 fully saturated rings. The van der Waals surface area contributed by atoms with E-state index in [4.69, 9.17) is 4.98 Å². The van der Waals surface area contributed by atoms with Gasteiger partial charge in [0.15, 0.2) is 0 Å². The lowest BCUT2D eigenvalue weighted by Gasteiger charge is -2.26. The van der Waals surface area contributed by atoms with Gasteiger partial charge in [-0.25, -0.2) is 9.78 Å². The Morgan fingerprint density at radius 3 is 2.55 bits per heavy atom. The molecule has 0 atom stereocenters. The van der Waals surface area contributed by atoms with Gasteiger partial charge in [0.05, 0.1) is 5.39 Å². The van der Waals surface area contributed by atoms with Gasteiger partial charge in [0.2, 0.25) is 0 Å². The molecule has 0 unspecified atom stereocenters. The molecular formula is C23H22N2O3S. The zero-order chi connectivity index (χ0) is 20.9. The van der Waals surface area contributed by atoms with Crippen molar-refractivity contribution in [1.29, 1.82) is 0 Å². The third-order valence-electron chi connectivity index (χ3n) is 5.58. The molecule has 6 heteroatoms. The zero-order valence-electron chi connectivity index (χ0n) is 16.8. The Hall–Kier alpha value is -2.99. The number of benzene rings is 2. The van der Waals surface area contributed by atoms with Crippen molar-refractivity contribution >= 4 is 38.3 Å². The number of carboxylic acid groups (broad SMARTS) is 1. The molecule has 148 valence electrons. The van der Waals surface area contributed by atoms with Crippen LogP contribution >= 0.6 is 11.3 Å². The lowest BCUT2D eigenvalue weighted by atomic mass is 10.00. The van der Waals surface area contributed by atoms with Crippen molar-refractivity contribution in [3.63, 3.8) is 0 Å². The van der Waals surface area contributed by atoms with Crippen LogP contribution in [-0.2, 0) is 16.8 Å². The standard InChI is InChI=1S/C23H22N2O3S/c1-13-14(2)29-20-19(13)21(26)25(23(3,4)22(27)28)18(24-20)12-16-10-7-9-15-8-5-6-11-17(15)16/h5-11H,12H2,1-4H3,(H,27,28). The lowest BCUT2D eigenvalue weighted by Crippen LogP contribution is -2.45. The molecule has 0 saturated carbocycles. The molecule has 4 rings (SSSR count). The third-order valence-corrected chi connectivity index (χ3v) is 6.68. The lowest BCUT2D eigenvalue weighted by molar-refractivity contribution is -0.146. The Kier molecular flexibility index (Phi) is 4.54. The molecule has 0 saturated heterocycles. The van der Waals surface area contributed by atoms with Gasteiger partial charge in [0.25, 0.3) is 5.56 Å². The highest BCUT2D eigenvalue weighted by Crippen LogP contribution is 2.29. The summed E-state index contributed by atoms with van der Waals surface area (Å²) in [5, 5.41) is 12.5. The Labute approximate surface area is 172 Å². The average Bonchev–Trinajstić information content (AvgIpc) is 2.96. The van der Waals surface area contributed by atoms with Gasteiger partial charge in [-0.2, -0.15) is 0 Å². The van der Waals surface area contributed by atoms with Crippen LogP contribution in [0.4, 0.5) is 0 Å². The van der Waals surface area contributed by atoms with Gasteiger partial charge in [0, 0.05) is 11.3 Å². The number of hydrogen-bond donors (Lipinski definition) is 1. The van der Waals surface area contributed by atoms with Crippen LogP contribution in [0, 0.1) is 13.8 Å². The number of carbonyl (C=O) groups is 1. The van der Waals surface area contributed by atoms with E-state index in [1.807, 2.05) is 56.3 Å². The van der Waals surface area contributed by atoms with Crippen LogP contribution in [0.1, 0.15) is 35.7 Å². The molecule has 5 nitrogen and oxygen atoms in total. The van der Waals surface area contributed by atoms with Crippen molar-refractivity contribution < 1.29 is 9.90 Å². The van der Waals surface area contributed by atoms with E-state index in [0.29, 0.717) is 22.5 Å². The summed E-state index contributed by atoms with van der Waals surface area (Å²) in [6.07, 6.45) is 0.374. The van der Waals surface area contributed by atoms with E-state index in [2.05, 4.69) is 0 Å². The highest BCUT2D eigenvalue weighted by Gasteiger charge is 2.34. The smallest absolute Gasteiger partial charge is 0.329 e. The van der Waals surface area contributed by atoms with Gasteiger partial charge >= 0.3 is 5.97 Å². The van der Waals surface area contributed by atoms with Crippen LogP contribution in [0.5, 0.6) is 0 Å². The van der Waals surface area contributed by atoms with Gasteiger partial charge in [-0.15, -0.1) is 11.3 Å². The number of carboxylic acids is 1. The minimum atomic E-state index is -1.42. The highest BCUT2D eigenvalue weighted by atomic mass is 32.1. The molecular weight excluding hydrogens is 384 g/mol. The maximum Gasteiger partial charge on any atom is 0.329 e. The number of thiophene rings is 1. The quantitative estimate of drug-likeness (QED) is 0.536. The fourth-order valence-electron chi connectivity index (χ4n) is 3.74. The van der Waals surface area contributed by atoms with Crippen LogP contribution in [0.15, 0.2) is 47.3 Å². The molecule has 0 bridgehead atoms. The topological polar surface area (TPSA) is 72.2 Å². The molecule has 2 aromatic heterocycles. The van der Waals surface area contributed by atoms with Gasteiger partial charge < -0.3 is 5.11 Å². The minimum Gasteiger partial charge on any atom is -0.480 e. The Balaban J connectivity index is 2.03. The Morgan fingerprint density at radius 1 is 1.14 bits per heavy atom. The molecule has 0 aliphatic heterocycles. The predicted molar refractivity (Wildman–Crippen MR) is 117 cm³/mol. The van der Waals surface area contributed by atoms with Crippen molar-refractivity contribution in [2.45, 2.75) is 39.7 Å². The first-order chi connectivity index (χ1) is 13.7. The van der Waals surface area contributed by atoms with Crippen LogP contribution in [-0.4, -0.2) is 20.6 Å². The zero-order valence-corrected chi connectivity index (χ0v) is 17.6. The fraction of sp³-hybridized carbons (Fsp3) is 0.261. The van der Waals surface area contributed by atoms with E-state index in [9.17, 15) is 14.7 Å². The van der Waals surface area contributed by atoms with Crippen LogP contribution in [0.25, 0.3) is 21.0 Å². The minimum absolute atomic E-state index is 0.292. The van der Waals surface area contributed by atoms with E-state index in [1.165, 1.54) is 15.9 Å². The first-order valence-electron chi connectivity index (χ1n) is 9.44. The van der Waals surface area contributed by atoms with E-state index in [1.54, 1.807) is 13.8 Å². The first kappa shape index (κ1) is 19.3. The largest absolute Gasteiger partial charge is 0.480 e. The van der Waals surface area contributed by atoms with Crippen molar-refractivity contribution in [2.75, 3.05) is 0 Å². The number of aromatic nitrogens is 2. The van der Waals surface area contributed by atoms with Gasteiger partial charge in [0.1, 0.15) is 16.2 Å². The normalized spacial score (nSPS) is 12.0. The molecule has 1 N–H and O–H groups in total. The van der Waals surface area contributed by atoms with Crippen molar-refractivity contribution in [3.8, 4) is 0 Å². The predicted octanol–water partition coefficient (Wildman–Crippen LogP) is 4.64. The van der Waals surface area contributed by atoms with Crippen LogP contribution in [0.2, 0.25) is 0 Å². The van der Waals surface area contributed by atoms with Gasteiger partial charge in [-0.3, -0.25) is 9.36 Å². The maximum absolute atomic E-state index is 13.5. The summed E-state index contributed by atoms with van der Waals surface area (Å²) in [5.41, 5.74) is 0.170.